The molecule has 3 rings (SSSR count). The predicted octanol–water partition coefficient (Wildman–Crippen LogP) is 4.26. The van der Waals surface area contributed by atoms with Gasteiger partial charge in [-0.25, -0.2) is 0 Å². The Balaban J connectivity index is 1.57. The van der Waals surface area contributed by atoms with Crippen LogP contribution in [0, 0.1) is 11.3 Å². The molecule has 0 heterocycles. The third kappa shape index (κ3) is 6.21. The van der Waals surface area contributed by atoms with Crippen LogP contribution >= 0.6 is 0 Å². The van der Waals surface area contributed by atoms with Crippen LogP contribution in [0.4, 0.5) is 11.4 Å². The van der Waals surface area contributed by atoms with Crippen molar-refractivity contribution in [3.8, 4) is 17.6 Å². The van der Waals surface area contributed by atoms with Gasteiger partial charge in [-0.3, -0.25) is 9.59 Å². The Kier molecular flexibility index (Phi) is 7.60. The van der Waals surface area contributed by atoms with Crippen LogP contribution in [0.1, 0.15) is 5.56 Å². The van der Waals surface area contributed by atoms with E-state index in [9.17, 15) is 14.9 Å². The Labute approximate surface area is 185 Å². The molecule has 3 aromatic carbocycles. The minimum absolute atomic E-state index is 0.0290. The van der Waals surface area contributed by atoms with Gasteiger partial charge in [0.05, 0.1) is 12.8 Å². The number of nitriles is 1. The van der Waals surface area contributed by atoms with Gasteiger partial charge in [0.25, 0.3) is 11.8 Å². The Hall–Kier alpha value is -4.57. The summed E-state index contributed by atoms with van der Waals surface area (Å²) in [4.78, 5) is 24.5. The number of methoxy groups -OCH3 is 1. The van der Waals surface area contributed by atoms with Gasteiger partial charge in [-0.2, -0.15) is 5.26 Å². The number of benzene rings is 3. The maximum atomic E-state index is 12.3. The van der Waals surface area contributed by atoms with Gasteiger partial charge in [-0.15, -0.1) is 0 Å². The average Bonchev–Trinajstić information content (AvgIpc) is 2.83. The summed E-state index contributed by atoms with van der Waals surface area (Å²) in [5.74, 6) is 0.209. The van der Waals surface area contributed by atoms with Crippen molar-refractivity contribution in [2.75, 3.05) is 24.4 Å². The van der Waals surface area contributed by atoms with Crippen LogP contribution < -0.4 is 20.1 Å². The van der Waals surface area contributed by atoms with Crippen LogP contribution in [0.3, 0.4) is 0 Å². The zero-order chi connectivity index (χ0) is 22.8. The first kappa shape index (κ1) is 22.1. The molecule has 0 saturated heterocycles. The maximum absolute atomic E-state index is 12.3. The number of nitrogens with zero attached hydrogens (tertiary/aromatic N) is 1. The summed E-state index contributed by atoms with van der Waals surface area (Å²) < 4.78 is 10.7. The molecule has 0 unspecified atom stereocenters. The summed E-state index contributed by atoms with van der Waals surface area (Å²) in [6.07, 6.45) is 1.48. The average molecular weight is 427 g/mol. The molecule has 0 aromatic heterocycles. The van der Waals surface area contributed by atoms with Crippen molar-refractivity contribution < 1.29 is 19.1 Å². The molecule has 32 heavy (non-hydrogen) atoms. The van der Waals surface area contributed by atoms with Crippen LogP contribution in [0.15, 0.2) is 84.4 Å². The summed E-state index contributed by atoms with van der Waals surface area (Å²) in [7, 11) is 1.53. The van der Waals surface area contributed by atoms with Gasteiger partial charge >= 0.3 is 0 Å². The normalized spacial score (nSPS) is 10.6. The SMILES string of the molecule is COc1ccccc1NC(=O)COc1ccc(/C=C(/C#N)C(=O)Nc2ccccc2)cc1. The van der Waals surface area contributed by atoms with Crippen molar-refractivity contribution >= 4 is 29.3 Å². The lowest BCUT2D eigenvalue weighted by Crippen LogP contribution is -2.20. The number of para-hydroxylation sites is 3. The summed E-state index contributed by atoms with van der Waals surface area (Å²) in [6, 6.07) is 24.6. The summed E-state index contributed by atoms with van der Waals surface area (Å²) >= 11 is 0. The van der Waals surface area contributed by atoms with Gasteiger partial charge in [0.2, 0.25) is 0 Å². The van der Waals surface area contributed by atoms with E-state index in [0.29, 0.717) is 28.4 Å². The second-order valence-corrected chi connectivity index (χ2v) is 6.60. The van der Waals surface area contributed by atoms with Gasteiger partial charge in [0.1, 0.15) is 23.1 Å². The fourth-order valence-corrected chi connectivity index (χ4v) is 2.78. The molecule has 0 saturated carbocycles. The van der Waals surface area contributed by atoms with Gasteiger partial charge in [-0.05, 0) is 48.0 Å². The first-order valence-electron chi connectivity index (χ1n) is 9.73. The highest BCUT2D eigenvalue weighted by atomic mass is 16.5. The predicted molar refractivity (Wildman–Crippen MR) is 122 cm³/mol. The zero-order valence-corrected chi connectivity index (χ0v) is 17.4. The molecule has 7 heteroatoms. The monoisotopic (exact) mass is 427 g/mol. The van der Waals surface area contributed by atoms with Crippen molar-refractivity contribution in [1.82, 2.24) is 0 Å². The second-order valence-electron chi connectivity index (χ2n) is 6.60. The molecule has 0 aliphatic carbocycles. The number of rotatable bonds is 8. The molecule has 160 valence electrons. The number of amides is 2. The number of ether oxygens (including phenoxy) is 2. The lowest BCUT2D eigenvalue weighted by atomic mass is 10.1. The molecule has 3 aromatic rings. The number of anilines is 2. The second kappa shape index (κ2) is 11.0. The topological polar surface area (TPSA) is 100 Å². The van der Waals surface area contributed by atoms with E-state index in [1.54, 1.807) is 66.7 Å². The largest absolute Gasteiger partial charge is 0.495 e. The van der Waals surface area contributed by atoms with E-state index in [1.165, 1.54) is 13.2 Å². The highest BCUT2D eigenvalue weighted by molar-refractivity contribution is 6.09. The Bertz CT molecular complexity index is 1150. The molecule has 0 spiro atoms. The van der Waals surface area contributed by atoms with Crippen LogP contribution in [0.25, 0.3) is 6.08 Å². The zero-order valence-electron chi connectivity index (χ0n) is 17.4. The summed E-state index contributed by atoms with van der Waals surface area (Å²) in [6.45, 7) is -0.184. The highest BCUT2D eigenvalue weighted by Gasteiger charge is 2.10. The Morgan fingerprint density at radius 2 is 1.62 bits per heavy atom. The molecule has 0 fully saturated rings. The van der Waals surface area contributed by atoms with E-state index in [4.69, 9.17) is 9.47 Å². The molecular formula is C25H21N3O4. The first-order valence-corrected chi connectivity index (χ1v) is 9.73. The summed E-state index contributed by atoms with van der Waals surface area (Å²) in [5, 5.41) is 14.7. The van der Waals surface area contributed by atoms with Crippen molar-refractivity contribution in [3.63, 3.8) is 0 Å². The molecule has 0 bridgehead atoms. The number of carbonyl (C=O) groups is 2. The Morgan fingerprint density at radius 1 is 0.938 bits per heavy atom. The smallest absolute Gasteiger partial charge is 0.266 e. The molecular weight excluding hydrogens is 406 g/mol. The standard InChI is InChI=1S/C25H21N3O4/c1-31-23-10-6-5-9-22(23)28-24(29)17-32-21-13-11-18(12-14-21)15-19(16-26)25(30)27-20-7-3-2-4-8-20/h2-15H,17H2,1H3,(H,27,30)(H,28,29)/b19-15-. The van der Waals surface area contributed by atoms with Crippen LogP contribution in [-0.4, -0.2) is 25.5 Å². The van der Waals surface area contributed by atoms with Gasteiger partial charge in [0.15, 0.2) is 6.61 Å². The maximum Gasteiger partial charge on any atom is 0.266 e. The van der Waals surface area contributed by atoms with Crippen molar-refractivity contribution in [2.24, 2.45) is 0 Å². The number of nitrogens with one attached hydrogen (secondary N) is 2. The molecule has 0 radical (unpaired) electrons. The highest BCUT2D eigenvalue weighted by Crippen LogP contribution is 2.23. The Morgan fingerprint density at radius 3 is 2.31 bits per heavy atom. The number of hydrogen-bond donors (Lipinski definition) is 2. The van der Waals surface area contributed by atoms with Crippen LogP contribution in [0.5, 0.6) is 11.5 Å². The molecule has 0 aliphatic heterocycles. The molecule has 7 nitrogen and oxygen atoms in total. The number of carbonyl (C=O) groups excluding carboxylic acids is 2. The van der Waals surface area contributed by atoms with Gasteiger partial charge in [0, 0.05) is 5.69 Å². The fourth-order valence-electron chi connectivity index (χ4n) is 2.78. The van der Waals surface area contributed by atoms with Crippen molar-refractivity contribution in [1.29, 1.82) is 5.26 Å². The third-order valence-corrected chi connectivity index (χ3v) is 4.34. The third-order valence-electron chi connectivity index (χ3n) is 4.34. The van der Waals surface area contributed by atoms with E-state index < -0.39 is 5.91 Å². The molecule has 0 atom stereocenters. The van der Waals surface area contributed by atoms with Gasteiger partial charge < -0.3 is 20.1 Å². The molecule has 0 aliphatic rings. The molecule has 2 amide bonds. The van der Waals surface area contributed by atoms with E-state index in [1.807, 2.05) is 18.2 Å². The van der Waals surface area contributed by atoms with Crippen LogP contribution in [-0.2, 0) is 9.59 Å². The van der Waals surface area contributed by atoms with E-state index >= 15 is 0 Å². The lowest BCUT2D eigenvalue weighted by molar-refractivity contribution is -0.118. The van der Waals surface area contributed by atoms with Crippen LogP contribution in [0.2, 0.25) is 0 Å². The minimum atomic E-state index is -0.493. The summed E-state index contributed by atoms with van der Waals surface area (Å²) in [5.41, 5.74) is 1.78. The van der Waals surface area contributed by atoms with E-state index in [2.05, 4.69) is 10.6 Å². The fraction of sp³-hybridized carbons (Fsp3) is 0.0800. The van der Waals surface area contributed by atoms with E-state index in [0.717, 1.165) is 0 Å². The van der Waals surface area contributed by atoms with Gasteiger partial charge in [-0.1, -0.05) is 42.5 Å². The number of hydrogen-bond acceptors (Lipinski definition) is 5. The van der Waals surface area contributed by atoms with Crippen molar-refractivity contribution in [3.05, 3.63) is 90.0 Å². The van der Waals surface area contributed by atoms with E-state index in [-0.39, 0.29) is 18.1 Å². The molecule has 2 N–H and O–H groups in total. The lowest BCUT2D eigenvalue weighted by Gasteiger charge is -2.10. The minimum Gasteiger partial charge on any atom is -0.495 e. The van der Waals surface area contributed by atoms with Crippen molar-refractivity contribution in [2.45, 2.75) is 0 Å². The quantitative estimate of drug-likeness (QED) is 0.413. The first-order chi connectivity index (χ1) is 15.6.